The zero-order valence-electron chi connectivity index (χ0n) is 10.4. The summed E-state index contributed by atoms with van der Waals surface area (Å²) in [6, 6.07) is -0.676. The Morgan fingerprint density at radius 1 is 1.56 bits per heavy atom. The van der Waals surface area contributed by atoms with Crippen LogP contribution in [0.2, 0.25) is 0 Å². The van der Waals surface area contributed by atoms with Crippen molar-refractivity contribution in [3.05, 3.63) is 0 Å². The summed E-state index contributed by atoms with van der Waals surface area (Å²) in [6.45, 7) is 0.147. The molecule has 1 heterocycles. The van der Waals surface area contributed by atoms with E-state index >= 15 is 0 Å². The van der Waals surface area contributed by atoms with Gasteiger partial charge in [0.15, 0.2) is 0 Å². The van der Waals surface area contributed by atoms with E-state index in [0.717, 1.165) is 5.75 Å². The van der Waals surface area contributed by atoms with Crippen LogP contribution in [0.4, 0.5) is 13.2 Å². The van der Waals surface area contributed by atoms with Crippen molar-refractivity contribution in [1.82, 2.24) is 4.90 Å². The zero-order chi connectivity index (χ0) is 13.8. The van der Waals surface area contributed by atoms with Gasteiger partial charge in [-0.2, -0.15) is 24.9 Å². The second-order valence-electron chi connectivity index (χ2n) is 4.55. The topological polar surface area (TPSA) is 46.3 Å². The van der Waals surface area contributed by atoms with Gasteiger partial charge in [-0.3, -0.25) is 4.79 Å². The van der Waals surface area contributed by atoms with Gasteiger partial charge in [0.2, 0.25) is 5.91 Å². The first-order valence-electron chi connectivity index (χ1n) is 5.96. The molecule has 1 saturated heterocycles. The molecular formula is C11H19F3N2OS. The lowest BCUT2D eigenvalue weighted by Gasteiger charge is -2.35. The van der Waals surface area contributed by atoms with E-state index in [4.69, 9.17) is 5.73 Å². The largest absolute Gasteiger partial charge is 0.393 e. The summed E-state index contributed by atoms with van der Waals surface area (Å²) in [4.78, 5) is 13.2. The predicted octanol–water partition coefficient (Wildman–Crippen LogP) is 1.87. The van der Waals surface area contributed by atoms with E-state index in [2.05, 4.69) is 0 Å². The van der Waals surface area contributed by atoms with Crippen molar-refractivity contribution in [2.45, 2.75) is 31.5 Å². The Morgan fingerprint density at radius 2 is 2.22 bits per heavy atom. The molecule has 0 spiro atoms. The number of amides is 1. The molecule has 7 heteroatoms. The first kappa shape index (κ1) is 15.6. The summed E-state index contributed by atoms with van der Waals surface area (Å²) in [7, 11) is 0. The minimum Gasteiger partial charge on any atom is -0.341 e. The van der Waals surface area contributed by atoms with Crippen molar-refractivity contribution < 1.29 is 18.0 Å². The number of alkyl halides is 3. The second-order valence-corrected chi connectivity index (χ2v) is 5.54. The zero-order valence-corrected chi connectivity index (χ0v) is 11.2. The molecule has 0 aromatic heterocycles. The molecule has 0 saturated carbocycles. The fourth-order valence-corrected chi connectivity index (χ4v) is 2.54. The summed E-state index contributed by atoms with van der Waals surface area (Å²) in [6.07, 6.45) is -1.31. The van der Waals surface area contributed by atoms with Crippen LogP contribution in [-0.4, -0.2) is 48.1 Å². The Morgan fingerprint density at radius 3 is 2.78 bits per heavy atom. The van der Waals surface area contributed by atoms with Crippen LogP contribution in [0.25, 0.3) is 0 Å². The third-order valence-electron chi connectivity index (χ3n) is 3.15. The predicted molar refractivity (Wildman–Crippen MR) is 66.3 cm³/mol. The van der Waals surface area contributed by atoms with Crippen LogP contribution in [0.15, 0.2) is 0 Å². The van der Waals surface area contributed by atoms with Gasteiger partial charge in [-0.05, 0) is 31.3 Å². The van der Waals surface area contributed by atoms with Gasteiger partial charge in [-0.25, -0.2) is 0 Å². The Kier molecular flexibility index (Phi) is 5.78. The number of piperidine rings is 1. The minimum absolute atomic E-state index is 0.104. The van der Waals surface area contributed by atoms with Crippen LogP contribution < -0.4 is 5.73 Å². The monoisotopic (exact) mass is 284 g/mol. The summed E-state index contributed by atoms with van der Waals surface area (Å²) >= 11 is 1.57. The average molecular weight is 284 g/mol. The molecule has 1 aliphatic heterocycles. The van der Waals surface area contributed by atoms with Gasteiger partial charge in [0, 0.05) is 13.1 Å². The van der Waals surface area contributed by atoms with E-state index in [1.807, 2.05) is 6.26 Å². The quantitative estimate of drug-likeness (QED) is 0.857. The molecule has 106 valence electrons. The van der Waals surface area contributed by atoms with Crippen LogP contribution in [0.5, 0.6) is 0 Å². The molecule has 18 heavy (non-hydrogen) atoms. The Bertz CT molecular complexity index is 286. The van der Waals surface area contributed by atoms with E-state index in [1.165, 1.54) is 4.90 Å². The highest BCUT2D eigenvalue weighted by atomic mass is 32.2. The molecule has 1 amide bonds. The van der Waals surface area contributed by atoms with Gasteiger partial charge in [-0.15, -0.1) is 0 Å². The lowest BCUT2D eigenvalue weighted by Crippen LogP contribution is -2.50. The lowest BCUT2D eigenvalue weighted by molar-refractivity contribution is -0.188. The van der Waals surface area contributed by atoms with E-state index in [1.54, 1.807) is 11.8 Å². The van der Waals surface area contributed by atoms with Crippen molar-refractivity contribution in [3.8, 4) is 0 Å². The number of thioether (sulfide) groups is 1. The van der Waals surface area contributed by atoms with Gasteiger partial charge in [0.1, 0.15) is 0 Å². The minimum atomic E-state index is -4.22. The molecule has 0 radical (unpaired) electrons. The third kappa shape index (κ3) is 4.35. The van der Waals surface area contributed by atoms with Crippen molar-refractivity contribution >= 4 is 17.7 Å². The molecule has 0 aromatic carbocycles. The number of carbonyl (C=O) groups excluding carboxylic acids is 1. The number of hydrogen-bond donors (Lipinski definition) is 1. The van der Waals surface area contributed by atoms with Gasteiger partial charge < -0.3 is 10.6 Å². The molecule has 0 aliphatic carbocycles. The maximum atomic E-state index is 12.6. The highest BCUT2D eigenvalue weighted by Crippen LogP contribution is 2.33. The van der Waals surface area contributed by atoms with Crippen molar-refractivity contribution in [2.24, 2.45) is 11.7 Å². The standard InChI is InChI=1S/C11H19F3N2OS/c1-18-6-4-9(15)10(17)16-5-2-3-8(7-16)11(12,13)14/h8-9H,2-7,15H2,1H3/t8-,9+/m1/s1. The summed E-state index contributed by atoms with van der Waals surface area (Å²) < 4.78 is 37.8. The summed E-state index contributed by atoms with van der Waals surface area (Å²) in [5, 5.41) is 0. The van der Waals surface area contributed by atoms with Crippen LogP contribution >= 0.6 is 11.8 Å². The normalized spacial score (nSPS) is 22.9. The smallest absolute Gasteiger partial charge is 0.341 e. The maximum absolute atomic E-state index is 12.6. The SMILES string of the molecule is CSCC[C@H](N)C(=O)N1CCC[C@@H](C(F)(F)F)C1. The molecule has 2 N–H and O–H groups in total. The van der Waals surface area contributed by atoms with E-state index in [0.29, 0.717) is 19.4 Å². The Labute approximate surface area is 109 Å². The summed E-state index contributed by atoms with van der Waals surface area (Å²) in [5.74, 6) is -1.01. The number of nitrogens with zero attached hydrogens (tertiary/aromatic N) is 1. The van der Waals surface area contributed by atoms with Crippen molar-refractivity contribution in [2.75, 3.05) is 25.1 Å². The van der Waals surface area contributed by atoms with Crippen molar-refractivity contribution in [1.29, 1.82) is 0 Å². The number of halogens is 3. The summed E-state index contributed by atoms with van der Waals surface area (Å²) in [5.41, 5.74) is 5.70. The van der Waals surface area contributed by atoms with E-state index in [-0.39, 0.29) is 18.9 Å². The number of likely N-dealkylation sites (tertiary alicyclic amines) is 1. The van der Waals surface area contributed by atoms with E-state index in [9.17, 15) is 18.0 Å². The maximum Gasteiger partial charge on any atom is 0.393 e. The Balaban J connectivity index is 2.53. The first-order chi connectivity index (χ1) is 8.36. The molecular weight excluding hydrogens is 265 g/mol. The highest BCUT2D eigenvalue weighted by molar-refractivity contribution is 7.98. The fraction of sp³-hybridized carbons (Fsp3) is 0.909. The number of rotatable bonds is 4. The molecule has 0 aromatic rings. The molecule has 0 unspecified atom stereocenters. The Hall–Kier alpha value is -0.430. The highest BCUT2D eigenvalue weighted by Gasteiger charge is 2.43. The average Bonchev–Trinajstić information content (AvgIpc) is 2.34. The molecule has 1 aliphatic rings. The van der Waals surface area contributed by atoms with Crippen LogP contribution in [0, 0.1) is 5.92 Å². The molecule has 1 fully saturated rings. The van der Waals surface area contributed by atoms with Crippen LogP contribution in [-0.2, 0) is 4.79 Å². The van der Waals surface area contributed by atoms with Gasteiger partial charge >= 0.3 is 6.18 Å². The van der Waals surface area contributed by atoms with Crippen molar-refractivity contribution in [3.63, 3.8) is 0 Å². The third-order valence-corrected chi connectivity index (χ3v) is 3.79. The molecule has 1 rings (SSSR count). The fourth-order valence-electron chi connectivity index (χ4n) is 2.05. The van der Waals surface area contributed by atoms with Gasteiger partial charge in [0.05, 0.1) is 12.0 Å². The number of nitrogens with two attached hydrogens (primary N) is 1. The number of hydrogen-bond acceptors (Lipinski definition) is 3. The van der Waals surface area contributed by atoms with Gasteiger partial charge in [0.25, 0.3) is 0 Å². The lowest BCUT2D eigenvalue weighted by atomic mass is 9.97. The van der Waals surface area contributed by atoms with Crippen LogP contribution in [0.1, 0.15) is 19.3 Å². The molecule has 0 bridgehead atoms. The van der Waals surface area contributed by atoms with Gasteiger partial charge in [-0.1, -0.05) is 0 Å². The second kappa shape index (κ2) is 6.65. The van der Waals surface area contributed by atoms with Crippen LogP contribution in [0.3, 0.4) is 0 Å². The number of carbonyl (C=O) groups is 1. The van der Waals surface area contributed by atoms with E-state index < -0.39 is 18.1 Å². The molecule has 2 atom stereocenters. The first-order valence-corrected chi connectivity index (χ1v) is 7.35. The molecule has 3 nitrogen and oxygen atoms in total.